The Morgan fingerprint density at radius 1 is 0.250 bits per heavy atom. The van der Waals surface area contributed by atoms with Crippen LogP contribution in [0.1, 0.15) is 0 Å². The van der Waals surface area contributed by atoms with Gasteiger partial charge in [0.05, 0.1) is 33.5 Å². The molecule has 0 saturated carbocycles. The molecule has 0 aliphatic carbocycles. The molecule has 92 heavy (non-hydrogen) atoms. The highest BCUT2D eigenvalue weighted by Gasteiger charge is 2.21. The third-order valence-corrected chi connectivity index (χ3v) is 19.1. The van der Waals surface area contributed by atoms with E-state index >= 15 is 0 Å². The van der Waals surface area contributed by atoms with E-state index in [1.54, 1.807) is 49.6 Å². The van der Waals surface area contributed by atoms with Crippen LogP contribution in [0.5, 0.6) is 0 Å². The molecule has 0 saturated heterocycles. The lowest BCUT2D eigenvalue weighted by Crippen LogP contribution is -2.01. The lowest BCUT2D eigenvalue weighted by molar-refractivity contribution is 1.07. The highest BCUT2D eigenvalue weighted by Crippen LogP contribution is 2.45. The Kier molecular flexibility index (Phi) is 13.6. The van der Waals surface area contributed by atoms with Gasteiger partial charge in [-0.15, -0.1) is 22.7 Å². The summed E-state index contributed by atoms with van der Waals surface area (Å²) >= 11 is 3.72. The van der Waals surface area contributed by atoms with E-state index in [4.69, 9.17) is 24.9 Å². The number of pyridine rings is 4. The van der Waals surface area contributed by atoms with Gasteiger partial charge in [0.15, 0.2) is 23.3 Å². The average molecular weight is 1220 g/mol. The summed E-state index contributed by atoms with van der Waals surface area (Å²) in [6, 6.07) is 86.9. The van der Waals surface area contributed by atoms with Crippen LogP contribution in [0.15, 0.2) is 298 Å². The molecule has 0 fully saturated rings. The van der Waals surface area contributed by atoms with E-state index in [0.717, 1.165) is 67.2 Å². The lowest BCUT2D eigenvalue weighted by atomic mass is 10.1. The van der Waals surface area contributed by atoms with Crippen molar-refractivity contribution in [2.75, 3.05) is 0 Å². The Balaban J connectivity index is 0.000000141. The summed E-state index contributed by atoms with van der Waals surface area (Å²) in [5, 5.41) is 7.55. The first-order valence-electron chi connectivity index (χ1n) is 30.1. The van der Waals surface area contributed by atoms with Crippen LogP contribution in [0.25, 0.3) is 164 Å². The Hall–Kier alpha value is -12.0. The molecule has 0 spiro atoms. The number of nitrogens with zero attached hydrogens (tertiary/aromatic N) is 11. The highest BCUT2D eigenvalue weighted by molar-refractivity contribution is 7.23. The van der Waals surface area contributed by atoms with Crippen molar-refractivity contribution < 1.29 is 0 Å². The Morgan fingerprint density at radius 2 is 0.620 bits per heavy atom. The van der Waals surface area contributed by atoms with Crippen molar-refractivity contribution in [2.24, 2.45) is 0 Å². The fraction of sp³-hybridized carbons (Fsp3) is 0. The lowest BCUT2D eigenvalue weighted by Gasteiger charge is -2.12. The monoisotopic (exact) mass is 1220 g/mol. The number of thiophene rings is 2. The van der Waals surface area contributed by atoms with Crippen LogP contribution < -0.4 is 0 Å². The van der Waals surface area contributed by atoms with Gasteiger partial charge in [0.1, 0.15) is 0 Å². The molecule has 0 radical (unpaired) electrons. The first-order valence-corrected chi connectivity index (χ1v) is 31.7. The topological polar surface area (TPSA) is 126 Å². The van der Waals surface area contributed by atoms with Gasteiger partial charge in [-0.2, -0.15) is 0 Å². The standard InChI is InChI=1S/C40H25N5S.C39H24N6S/c1-2-7-27(8-3-1)37-24-30-13-14-36-38(39(30)46-37)32-11-4-5-12-35(32)45(36)31-10-6-9-29(23-31)34-25-33(26-15-19-41-20-16-26)43-40(44-34)28-17-21-42-22-18-28;1-2-7-25(8-3-1)34-24-28-13-14-33-35(36(28)46-34)31-11-4-5-12-32(31)45(33)30-10-6-9-29(23-30)39-43-37(26-15-19-40-20-16-26)42-38(44-39)27-17-21-41-22-18-27/h1-25H;1-24H. The molecular formula is C79H49N11S2. The minimum Gasteiger partial charge on any atom is -0.309 e. The van der Waals surface area contributed by atoms with Crippen molar-refractivity contribution in [3.8, 4) is 100 Å². The molecule has 0 N–H and O–H groups in total. The number of para-hydroxylation sites is 2. The second kappa shape index (κ2) is 23.2. The van der Waals surface area contributed by atoms with Crippen molar-refractivity contribution >= 4 is 86.5 Å². The zero-order valence-electron chi connectivity index (χ0n) is 49.0. The molecule has 0 unspecified atom stereocenters. The van der Waals surface area contributed by atoms with Crippen molar-refractivity contribution in [3.63, 3.8) is 0 Å². The van der Waals surface area contributed by atoms with Crippen LogP contribution in [0.2, 0.25) is 0 Å². The molecule has 0 amide bonds. The van der Waals surface area contributed by atoms with E-state index in [0.29, 0.717) is 23.3 Å². The Morgan fingerprint density at radius 3 is 1.09 bits per heavy atom. The molecule has 0 aliphatic rings. The van der Waals surface area contributed by atoms with Crippen molar-refractivity contribution in [1.82, 2.24) is 54.0 Å². The molecule has 18 rings (SSSR count). The van der Waals surface area contributed by atoms with Crippen LogP contribution in [-0.4, -0.2) is 54.0 Å². The molecule has 18 aromatic rings. The quantitative estimate of drug-likeness (QED) is 0.132. The molecule has 0 aliphatic heterocycles. The van der Waals surface area contributed by atoms with Crippen LogP contribution in [0.4, 0.5) is 0 Å². The van der Waals surface area contributed by atoms with Gasteiger partial charge in [-0.1, -0.05) is 133 Å². The van der Waals surface area contributed by atoms with Crippen molar-refractivity contribution in [2.45, 2.75) is 0 Å². The van der Waals surface area contributed by atoms with Gasteiger partial charge in [-0.3, -0.25) is 19.9 Å². The number of rotatable bonds is 10. The third kappa shape index (κ3) is 9.90. The van der Waals surface area contributed by atoms with E-state index in [1.807, 2.05) is 71.2 Å². The summed E-state index contributed by atoms with van der Waals surface area (Å²) in [5.41, 5.74) is 16.6. The summed E-state index contributed by atoms with van der Waals surface area (Å²) in [6.45, 7) is 0. The maximum Gasteiger partial charge on any atom is 0.164 e. The van der Waals surface area contributed by atoms with E-state index in [1.165, 1.54) is 73.6 Å². The molecule has 8 aromatic carbocycles. The number of hydrogen-bond donors (Lipinski definition) is 0. The fourth-order valence-corrected chi connectivity index (χ4v) is 14.8. The highest BCUT2D eigenvalue weighted by atomic mass is 32.1. The van der Waals surface area contributed by atoms with Gasteiger partial charge < -0.3 is 9.13 Å². The summed E-state index contributed by atoms with van der Waals surface area (Å²) in [7, 11) is 0. The zero-order valence-corrected chi connectivity index (χ0v) is 50.7. The molecule has 0 bridgehead atoms. The average Bonchev–Trinajstić information content (AvgIpc) is 1.59. The van der Waals surface area contributed by atoms with Gasteiger partial charge in [-0.25, -0.2) is 24.9 Å². The SMILES string of the molecule is c1ccc(-c2cc3ccc4c(c5ccccc5n4-c4cccc(-c5cc(-c6ccncc6)nc(-c6ccncc6)n5)c4)c3s2)cc1.c1ccc(-c2cc3ccc4c(c5ccccc5n4-c4cccc(-c5nc(-c6ccncc6)nc(-c6ccncc6)n5)c4)c3s2)cc1. The second-order valence-electron chi connectivity index (χ2n) is 22.2. The number of hydrogen-bond acceptors (Lipinski definition) is 11. The van der Waals surface area contributed by atoms with Crippen LogP contribution in [-0.2, 0) is 0 Å². The number of aromatic nitrogens is 11. The normalized spacial score (nSPS) is 11.5. The summed E-state index contributed by atoms with van der Waals surface area (Å²) < 4.78 is 7.33. The first kappa shape index (κ1) is 54.1. The maximum atomic E-state index is 5.06. The Bertz CT molecular complexity index is 5280. The van der Waals surface area contributed by atoms with Crippen LogP contribution >= 0.6 is 22.7 Å². The van der Waals surface area contributed by atoms with Crippen molar-refractivity contribution in [1.29, 1.82) is 0 Å². The molecule has 10 heterocycles. The minimum atomic E-state index is 0.593. The van der Waals surface area contributed by atoms with Crippen molar-refractivity contribution in [3.05, 3.63) is 298 Å². The summed E-state index contributed by atoms with van der Waals surface area (Å²) in [5.74, 6) is 2.44. The predicted octanol–water partition coefficient (Wildman–Crippen LogP) is 19.9. The van der Waals surface area contributed by atoms with Gasteiger partial charge in [-0.05, 0) is 137 Å². The van der Waals surface area contributed by atoms with Gasteiger partial charge in [0.25, 0.3) is 0 Å². The van der Waals surface area contributed by atoms with E-state index in [-0.39, 0.29) is 0 Å². The first-order chi connectivity index (χ1) is 45.6. The summed E-state index contributed by atoms with van der Waals surface area (Å²) in [4.78, 5) is 44.0. The molecule has 13 heteroatoms. The zero-order chi connectivity index (χ0) is 60.9. The molecule has 432 valence electrons. The number of fused-ring (bicyclic) bond motifs is 10. The van der Waals surface area contributed by atoms with Gasteiger partial charge in [0, 0.05) is 135 Å². The van der Waals surface area contributed by atoms with Crippen LogP contribution in [0.3, 0.4) is 0 Å². The minimum absolute atomic E-state index is 0.593. The van der Waals surface area contributed by atoms with Gasteiger partial charge >= 0.3 is 0 Å². The second-order valence-corrected chi connectivity index (χ2v) is 24.3. The fourth-order valence-electron chi connectivity index (χ4n) is 12.4. The molecule has 10 aromatic heterocycles. The molecule has 0 atom stereocenters. The van der Waals surface area contributed by atoms with Gasteiger partial charge in [0.2, 0.25) is 0 Å². The third-order valence-electron chi connectivity index (χ3n) is 16.7. The molecule has 11 nitrogen and oxygen atoms in total. The van der Waals surface area contributed by atoms with E-state index in [2.05, 4.69) is 229 Å². The molecular weight excluding hydrogens is 1170 g/mol. The summed E-state index contributed by atoms with van der Waals surface area (Å²) in [6.07, 6.45) is 14.1. The number of benzene rings is 8. The van der Waals surface area contributed by atoms with Crippen LogP contribution in [0, 0.1) is 0 Å². The maximum absolute atomic E-state index is 5.06. The van der Waals surface area contributed by atoms with E-state index < -0.39 is 0 Å². The Labute approximate surface area is 535 Å². The van der Waals surface area contributed by atoms with E-state index in [9.17, 15) is 0 Å². The smallest absolute Gasteiger partial charge is 0.164 e. The largest absolute Gasteiger partial charge is 0.309 e. The predicted molar refractivity (Wildman–Crippen MR) is 376 cm³/mol.